The molecule has 0 atom stereocenters. The number of nitrogens with zero attached hydrogens (tertiary/aromatic N) is 2. The SMILES string of the molecule is COC1CCN(C2CN(C(=O)CSCc3ccccc3)C2)CC1. The summed E-state index contributed by atoms with van der Waals surface area (Å²) in [7, 11) is 1.80. The Morgan fingerprint density at radius 1 is 1.22 bits per heavy atom. The molecule has 0 saturated carbocycles. The van der Waals surface area contributed by atoms with Crippen LogP contribution in [0.25, 0.3) is 0 Å². The molecule has 0 N–H and O–H groups in total. The summed E-state index contributed by atoms with van der Waals surface area (Å²) in [4.78, 5) is 16.7. The average molecular weight is 334 g/mol. The monoisotopic (exact) mass is 334 g/mol. The predicted molar refractivity (Wildman–Crippen MR) is 94.6 cm³/mol. The number of hydrogen-bond acceptors (Lipinski definition) is 4. The van der Waals surface area contributed by atoms with E-state index in [0.29, 0.717) is 17.9 Å². The maximum absolute atomic E-state index is 12.2. The predicted octanol–water partition coefficient (Wildman–Crippen LogP) is 2.24. The molecule has 0 aromatic heterocycles. The van der Waals surface area contributed by atoms with Crippen LogP contribution in [0, 0.1) is 0 Å². The minimum Gasteiger partial charge on any atom is -0.381 e. The van der Waals surface area contributed by atoms with Gasteiger partial charge in [0.05, 0.1) is 11.9 Å². The Kier molecular flexibility index (Phi) is 5.97. The Morgan fingerprint density at radius 2 is 1.91 bits per heavy atom. The summed E-state index contributed by atoms with van der Waals surface area (Å²) in [5.41, 5.74) is 1.28. The Morgan fingerprint density at radius 3 is 2.57 bits per heavy atom. The summed E-state index contributed by atoms with van der Waals surface area (Å²) in [6.07, 6.45) is 2.67. The summed E-state index contributed by atoms with van der Waals surface area (Å²) in [5, 5.41) is 0. The summed E-state index contributed by atoms with van der Waals surface area (Å²) >= 11 is 1.71. The van der Waals surface area contributed by atoms with Crippen LogP contribution < -0.4 is 0 Å². The van der Waals surface area contributed by atoms with E-state index in [4.69, 9.17) is 4.74 Å². The number of methoxy groups -OCH3 is 1. The second kappa shape index (κ2) is 8.18. The third-order valence-corrected chi connectivity index (χ3v) is 5.87. The molecule has 5 heteroatoms. The van der Waals surface area contributed by atoms with Crippen molar-refractivity contribution in [3.63, 3.8) is 0 Å². The lowest BCUT2D eigenvalue weighted by Crippen LogP contribution is -2.62. The third-order valence-electron chi connectivity index (χ3n) is 4.88. The molecule has 1 aromatic rings. The van der Waals surface area contributed by atoms with Crippen molar-refractivity contribution in [2.24, 2.45) is 0 Å². The Bertz CT molecular complexity index is 497. The van der Waals surface area contributed by atoms with Gasteiger partial charge < -0.3 is 9.64 Å². The fourth-order valence-electron chi connectivity index (χ4n) is 3.29. The molecule has 1 amide bonds. The van der Waals surface area contributed by atoms with Gasteiger partial charge in [0, 0.05) is 45.1 Å². The van der Waals surface area contributed by atoms with E-state index in [9.17, 15) is 4.79 Å². The van der Waals surface area contributed by atoms with Crippen molar-refractivity contribution in [1.82, 2.24) is 9.80 Å². The molecule has 4 nitrogen and oxygen atoms in total. The molecule has 126 valence electrons. The van der Waals surface area contributed by atoms with Crippen LogP contribution in [0.2, 0.25) is 0 Å². The molecule has 0 radical (unpaired) electrons. The van der Waals surface area contributed by atoms with E-state index in [1.807, 2.05) is 23.1 Å². The smallest absolute Gasteiger partial charge is 0.232 e. The van der Waals surface area contributed by atoms with E-state index >= 15 is 0 Å². The number of piperidine rings is 1. The number of thioether (sulfide) groups is 1. The number of hydrogen-bond donors (Lipinski definition) is 0. The molecular formula is C18H26N2O2S. The van der Waals surface area contributed by atoms with E-state index in [2.05, 4.69) is 17.0 Å². The van der Waals surface area contributed by atoms with Crippen LogP contribution in [-0.4, -0.2) is 66.9 Å². The molecule has 23 heavy (non-hydrogen) atoms. The van der Waals surface area contributed by atoms with Crippen molar-refractivity contribution in [2.45, 2.75) is 30.7 Å². The first-order valence-corrected chi connectivity index (χ1v) is 9.58. The first-order valence-electron chi connectivity index (χ1n) is 8.42. The van der Waals surface area contributed by atoms with E-state index in [1.54, 1.807) is 18.9 Å². The van der Waals surface area contributed by atoms with Crippen LogP contribution in [0.3, 0.4) is 0 Å². The molecule has 2 saturated heterocycles. The Hall–Kier alpha value is -1.04. The molecule has 2 fully saturated rings. The molecule has 3 rings (SSSR count). The first-order chi connectivity index (χ1) is 11.3. The van der Waals surface area contributed by atoms with E-state index in [-0.39, 0.29) is 5.91 Å². The Balaban J connectivity index is 1.32. The number of rotatable bonds is 6. The number of benzene rings is 1. The van der Waals surface area contributed by atoms with Crippen molar-refractivity contribution in [3.05, 3.63) is 35.9 Å². The number of amides is 1. The highest BCUT2D eigenvalue weighted by atomic mass is 32.2. The van der Waals surface area contributed by atoms with E-state index < -0.39 is 0 Å². The van der Waals surface area contributed by atoms with Gasteiger partial charge in [-0.05, 0) is 18.4 Å². The van der Waals surface area contributed by atoms with Crippen molar-refractivity contribution < 1.29 is 9.53 Å². The van der Waals surface area contributed by atoms with Crippen LogP contribution in [-0.2, 0) is 15.3 Å². The lowest BCUT2D eigenvalue weighted by Gasteiger charge is -2.47. The van der Waals surface area contributed by atoms with Crippen LogP contribution in [0.1, 0.15) is 18.4 Å². The number of likely N-dealkylation sites (tertiary alicyclic amines) is 2. The first kappa shape index (κ1) is 16.8. The topological polar surface area (TPSA) is 32.8 Å². The number of carbonyl (C=O) groups excluding carboxylic acids is 1. The maximum Gasteiger partial charge on any atom is 0.232 e. The van der Waals surface area contributed by atoms with Gasteiger partial charge in [0.2, 0.25) is 5.91 Å². The fraction of sp³-hybridized carbons (Fsp3) is 0.611. The van der Waals surface area contributed by atoms with Crippen molar-refractivity contribution in [1.29, 1.82) is 0 Å². The summed E-state index contributed by atoms with van der Waals surface area (Å²) in [6, 6.07) is 10.9. The second-order valence-electron chi connectivity index (χ2n) is 6.40. The molecule has 0 bridgehead atoms. The summed E-state index contributed by atoms with van der Waals surface area (Å²) < 4.78 is 5.42. The quantitative estimate of drug-likeness (QED) is 0.799. The van der Waals surface area contributed by atoms with Gasteiger partial charge in [0.15, 0.2) is 0 Å². The van der Waals surface area contributed by atoms with Gasteiger partial charge in [-0.25, -0.2) is 0 Å². The zero-order valence-corrected chi connectivity index (χ0v) is 14.6. The largest absolute Gasteiger partial charge is 0.381 e. The minimum absolute atomic E-state index is 0.286. The standard InChI is InChI=1S/C18H26N2O2S/c1-22-17-7-9-19(10-8-17)16-11-20(12-16)18(21)14-23-13-15-5-3-2-4-6-15/h2-6,16-17H,7-14H2,1H3. The number of carbonyl (C=O) groups is 1. The molecule has 2 heterocycles. The van der Waals surface area contributed by atoms with Crippen LogP contribution >= 0.6 is 11.8 Å². The molecular weight excluding hydrogens is 308 g/mol. The zero-order chi connectivity index (χ0) is 16.1. The van der Waals surface area contributed by atoms with Crippen molar-refractivity contribution in [3.8, 4) is 0 Å². The third kappa shape index (κ3) is 4.49. The minimum atomic E-state index is 0.286. The van der Waals surface area contributed by atoms with Crippen LogP contribution in [0.15, 0.2) is 30.3 Å². The lowest BCUT2D eigenvalue weighted by molar-refractivity contribution is -0.136. The molecule has 0 spiro atoms. The summed E-state index contributed by atoms with van der Waals surface area (Å²) in [6.45, 7) is 4.02. The molecule has 2 aliphatic heterocycles. The van der Waals surface area contributed by atoms with Gasteiger partial charge in [-0.15, -0.1) is 11.8 Å². The van der Waals surface area contributed by atoms with Gasteiger partial charge in [0.1, 0.15) is 0 Å². The van der Waals surface area contributed by atoms with E-state index in [1.165, 1.54) is 5.56 Å². The van der Waals surface area contributed by atoms with Gasteiger partial charge in [0.25, 0.3) is 0 Å². The Labute approximate surface area is 143 Å². The molecule has 1 aromatic carbocycles. The second-order valence-corrected chi connectivity index (χ2v) is 7.39. The highest BCUT2D eigenvalue weighted by molar-refractivity contribution is 7.99. The van der Waals surface area contributed by atoms with Gasteiger partial charge in [-0.3, -0.25) is 9.69 Å². The fourth-order valence-corrected chi connectivity index (χ4v) is 4.18. The van der Waals surface area contributed by atoms with Gasteiger partial charge in [-0.2, -0.15) is 0 Å². The van der Waals surface area contributed by atoms with E-state index in [0.717, 1.165) is 44.8 Å². The zero-order valence-electron chi connectivity index (χ0n) is 13.8. The summed E-state index contributed by atoms with van der Waals surface area (Å²) in [5.74, 6) is 1.79. The highest BCUT2D eigenvalue weighted by Crippen LogP contribution is 2.22. The maximum atomic E-state index is 12.2. The van der Waals surface area contributed by atoms with Gasteiger partial charge >= 0.3 is 0 Å². The number of ether oxygens (including phenoxy) is 1. The molecule has 0 aliphatic carbocycles. The average Bonchev–Trinajstić information content (AvgIpc) is 2.55. The van der Waals surface area contributed by atoms with Crippen LogP contribution in [0.4, 0.5) is 0 Å². The molecule has 0 unspecified atom stereocenters. The highest BCUT2D eigenvalue weighted by Gasteiger charge is 2.35. The van der Waals surface area contributed by atoms with Crippen molar-refractivity contribution >= 4 is 17.7 Å². The van der Waals surface area contributed by atoms with Crippen LogP contribution in [0.5, 0.6) is 0 Å². The molecule has 2 aliphatic rings. The normalized spacial score (nSPS) is 20.5. The lowest BCUT2D eigenvalue weighted by atomic mass is 10.0. The van der Waals surface area contributed by atoms with Crippen molar-refractivity contribution in [2.75, 3.05) is 39.0 Å². The van der Waals surface area contributed by atoms with Gasteiger partial charge in [-0.1, -0.05) is 30.3 Å².